The minimum atomic E-state index is 0.313. The monoisotopic (exact) mass is 283 g/mol. The van der Waals surface area contributed by atoms with E-state index in [4.69, 9.17) is 15.4 Å². The van der Waals surface area contributed by atoms with Gasteiger partial charge in [0.25, 0.3) is 0 Å². The molecule has 1 aromatic rings. The summed E-state index contributed by atoms with van der Waals surface area (Å²) >= 11 is 1.99. The minimum absolute atomic E-state index is 0.313. The van der Waals surface area contributed by atoms with Crippen molar-refractivity contribution in [3.05, 3.63) is 23.8 Å². The Labute approximate surface area is 118 Å². The van der Waals surface area contributed by atoms with Crippen LogP contribution >= 0.6 is 11.8 Å². The summed E-state index contributed by atoms with van der Waals surface area (Å²) in [5, 5.41) is 0. The normalized spacial score (nSPS) is 16.3. The molecule has 1 saturated heterocycles. The van der Waals surface area contributed by atoms with Crippen LogP contribution in [0.5, 0.6) is 11.5 Å². The van der Waals surface area contributed by atoms with Gasteiger partial charge in [-0.3, -0.25) is 0 Å². The van der Waals surface area contributed by atoms with E-state index < -0.39 is 0 Å². The average Bonchev–Trinajstić information content (AvgIpc) is 2.47. The highest BCUT2D eigenvalue weighted by Crippen LogP contribution is 2.31. The summed E-state index contributed by atoms with van der Waals surface area (Å²) in [6, 6.07) is 6.01. The van der Waals surface area contributed by atoms with Gasteiger partial charge in [-0.05, 0) is 48.5 Å². The molecule has 4 nitrogen and oxygen atoms in total. The van der Waals surface area contributed by atoms with Gasteiger partial charge >= 0.3 is 0 Å². The summed E-state index contributed by atoms with van der Waals surface area (Å²) in [6.45, 7) is 0.503. The van der Waals surface area contributed by atoms with Crippen LogP contribution in [0.3, 0.4) is 0 Å². The zero-order valence-electron chi connectivity index (χ0n) is 11.3. The SMILES string of the molecule is COc1cc(CCON)ccc1OC1CCSCC1. The molecular weight excluding hydrogens is 262 g/mol. The van der Waals surface area contributed by atoms with Crippen molar-refractivity contribution in [3.8, 4) is 11.5 Å². The first-order valence-corrected chi connectivity index (χ1v) is 7.72. The molecular formula is C14H21NO3S. The molecule has 0 spiro atoms. The van der Waals surface area contributed by atoms with E-state index in [1.54, 1.807) is 7.11 Å². The summed E-state index contributed by atoms with van der Waals surface area (Å²) < 4.78 is 11.4. The molecule has 0 amide bonds. The van der Waals surface area contributed by atoms with E-state index in [-0.39, 0.29) is 0 Å². The number of hydrogen-bond acceptors (Lipinski definition) is 5. The highest BCUT2D eigenvalue weighted by atomic mass is 32.2. The van der Waals surface area contributed by atoms with Crippen molar-refractivity contribution in [2.45, 2.75) is 25.4 Å². The zero-order chi connectivity index (χ0) is 13.5. The number of rotatable bonds is 6. The summed E-state index contributed by atoms with van der Waals surface area (Å²) in [5.41, 5.74) is 1.13. The lowest BCUT2D eigenvalue weighted by molar-refractivity contribution is 0.141. The van der Waals surface area contributed by atoms with Gasteiger partial charge < -0.3 is 14.3 Å². The smallest absolute Gasteiger partial charge is 0.161 e. The van der Waals surface area contributed by atoms with E-state index >= 15 is 0 Å². The largest absolute Gasteiger partial charge is 0.493 e. The Bertz CT molecular complexity index is 394. The van der Waals surface area contributed by atoms with E-state index in [0.29, 0.717) is 12.7 Å². The van der Waals surface area contributed by atoms with Gasteiger partial charge in [-0.25, -0.2) is 5.90 Å². The Balaban J connectivity index is 2.02. The van der Waals surface area contributed by atoms with E-state index in [0.717, 1.165) is 36.3 Å². The maximum atomic E-state index is 6.04. The molecule has 1 fully saturated rings. The molecule has 0 bridgehead atoms. The Morgan fingerprint density at radius 1 is 1.26 bits per heavy atom. The Morgan fingerprint density at radius 2 is 2.05 bits per heavy atom. The van der Waals surface area contributed by atoms with Crippen molar-refractivity contribution in [1.82, 2.24) is 0 Å². The molecule has 1 aliphatic rings. The molecule has 0 aromatic heterocycles. The van der Waals surface area contributed by atoms with Crippen molar-refractivity contribution in [3.63, 3.8) is 0 Å². The molecule has 1 heterocycles. The quantitative estimate of drug-likeness (QED) is 0.813. The van der Waals surface area contributed by atoms with Crippen LogP contribution in [0.2, 0.25) is 0 Å². The molecule has 0 saturated carbocycles. The third kappa shape index (κ3) is 4.30. The molecule has 2 rings (SSSR count). The maximum Gasteiger partial charge on any atom is 0.161 e. The molecule has 19 heavy (non-hydrogen) atoms. The highest BCUT2D eigenvalue weighted by molar-refractivity contribution is 7.99. The number of hydrogen-bond donors (Lipinski definition) is 1. The van der Waals surface area contributed by atoms with Crippen molar-refractivity contribution in [2.24, 2.45) is 5.90 Å². The van der Waals surface area contributed by atoms with Crippen LogP contribution in [-0.2, 0) is 11.3 Å². The molecule has 0 radical (unpaired) electrons. The molecule has 106 valence electrons. The lowest BCUT2D eigenvalue weighted by Crippen LogP contribution is -2.22. The highest BCUT2D eigenvalue weighted by Gasteiger charge is 2.17. The van der Waals surface area contributed by atoms with E-state index in [2.05, 4.69) is 4.84 Å². The summed E-state index contributed by atoms with van der Waals surface area (Å²) in [7, 11) is 1.67. The second-order valence-corrected chi connectivity index (χ2v) is 5.76. The first-order chi connectivity index (χ1) is 9.33. The van der Waals surface area contributed by atoms with Crippen LogP contribution < -0.4 is 15.4 Å². The van der Waals surface area contributed by atoms with Gasteiger partial charge in [-0.1, -0.05) is 6.07 Å². The van der Waals surface area contributed by atoms with Crippen molar-refractivity contribution in [1.29, 1.82) is 0 Å². The van der Waals surface area contributed by atoms with Gasteiger partial charge in [0, 0.05) is 0 Å². The van der Waals surface area contributed by atoms with Crippen molar-refractivity contribution < 1.29 is 14.3 Å². The van der Waals surface area contributed by atoms with Crippen LogP contribution in [0.25, 0.3) is 0 Å². The Kier molecular flexibility index (Phi) is 5.82. The van der Waals surface area contributed by atoms with E-state index in [1.165, 1.54) is 11.5 Å². The zero-order valence-corrected chi connectivity index (χ0v) is 12.1. The van der Waals surface area contributed by atoms with Crippen molar-refractivity contribution >= 4 is 11.8 Å². The van der Waals surface area contributed by atoms with E-state index in [9.17, 15) is 0 Å². The number of methoxy groups -OCH3 is 1. The number of nitrogens with two attached hydrogens (primary N) is 1. The third-order valence-corrected chi connectivity index (χ3v) is 4.25. The third-order valence-electron chi connectivity index (χ3n) is 3.20. The number of thioether (sulfide) groups is 1. The predicted octanol–water partition coefficient (Wildman–Crippen LogP) is 2.40. The van der Waals surface area contributed by atoms with Crippen LogP contribution in [-0.4, -0.2) is 31.3 Å². The van der Waals surface area contributed by atoms with Gasteiger partial charge in [-0.15, -0.1) is 0 Å². The maximum absolute atomic E-state index is 6.04. The topological polar surface area (TPSA) is 53.7 Å². The lowest BCUT2D eigenvalue weighted by Gasteiger charge is -2.24. The van der Waals surface area contributed by atoms with Crippen LogP contribution in [0.15, 0.2) is 18.2 Å². The fourth-order valence-electron chi connectivity index (χ4n) is 2.12. The second kappa shape index (κ2) is 7.62. The van der Waals surface area contributed by atoms with Gasteiger partial charge in [-0.2, -0.15) is 11.8 Å². The van der Waals surface area contributed by atoms with Crippen LogP contribution in [0, 0.1) is 0 Å². The first-order valence-electron chi connectivity index (χ1n) is 6.56. The standard InChI is InChI=1S/C14H21NO3S/c1-16-14-10-11(4-7-17-15)2-3-13(14)18-12-5-8-19-9-6-12/h2-3,10,12H,4-9,15H2,1H3. The molecule has 5 heteroatoms. The van der Waals surface area contributed by atoms with Crippen LogP contribution in [0.4, 0.5) is 0 Å². The summed E-state index contributed by atoms with van der Waals surface area (Å²) in [6.07, 6.45) is 3.30. The molecule has 2 N–H and O–H groups in total. The fourth-order valence-corrected chi connectivity index (χ4v) is 3.18. The first kappa shape index (κ1) is 14.5. The summed E-state index contributed by atoms with van der Waals surface area (Å²) in [4.78, 5) is 4.60. The average molecular weight is 283 g/mol. The second-order valence-electron chi connectivity index (χ2n) is 4.54. The molecule has 1 aliphatic heterocycles. The minimum Gasteiger partial charge on any atom is -0.493 e. The lowest BCUT2D eigenvalue weighted by atomic mass is 10.1. The Morgan fingerprint density at radius 3 is 2.74 bits per heavy atom. The molecule has 1 aromatic carbocycles. The van der Waals surface area contributed by atoms with Gasteiger partial charge in [0.15, 0.2) is 11.5 Å². The van der Waals surface area contributed by atoms with Gasteiger partial charge in [0.1, 0.15) is 6.10 Å². The predicted molar refractivity (Wildman–Crippen MR) is 77.8 cm³/mol. The number of benzene rings is 1. The molecule has 0 aliphatic carbocycles. The van der Waals surface area contributed by atoms with Gasteiger partial charge in [0.2, 0.25) is 0 Å². The summed E-state index contributed by atoms with van der Waals surface area (Å²) in [5.74, 6) is 9.02. The van der Waals surface area contributed by atoms with Gasteiger partial charge in [0.05, 0.1) is 13.7 Å². The van der Waals surface area contributed by atoms with E-state index in [1.807, 2.05) is 30.0 Å². The Hall–Kier alpha value is -0.910. The number of ether oxygens (including phenoxy) is 2. The fraction of sp³-hybridized carbons (Fsp3) is 0.571. The molecule has 0 atom stereocenters. The van der Waals surface area contributed by atoms with Crippen LogP contribution in [0.1, 0.15) is 18.4 Å². The molecule has 0 unspecified atom stereocenters. The van der Waals surface area contributed by atoms with Crippen molar-refractivity contribution in [2.75, 3.05) is 25.2 Å².